The minimum absolute atomic E-state index is 0.108. The van der Waals surface area contributed by atoms with E-state index in [9.17, 15) is 13.2 Å². The summed E-state index contributed by atoms with van der Waals surface area (Å²) in [6, 6.07) is 18.8. The Kier molecular flexibility index (Phi) is 6.84. The first kappa shape index (κ1) is 21.5. The number of anilines is 1. The van der Waals surface area contributed by atoms with Crippen molar-refractivity contribution in [3.05, 3.63) is 89.6 Å². The molecule has 2 aromatic carbocycles. The molecule has 6 nitrogen and oxygen atoms in total. The van der Waals surface area contributed by atoms with Gasteiger partial charge in [-0.25, -0.2) is 4.98 Å². The van der Waals surface area contributed by atoms with E-state index in [2.05, 4.69) is 21.9 Å². The third-order valence-electron chi connectivity index (χ3n) is 4.65. The first-order chi connectivity index (χ1) is 14.4. The molecule has 0 fully saturated rings. The fourth-order valence-corrected chi connectivity index (χ4v) is 4.43. The van der Waals surface area contributed by atoms with Gasteiger partial charge in [0, 0.05) is 23.0 Å². The number of benzene rings is 2. The van der Waals surface area contributed by atoms with Crippen molar-refractivity contribution in [2.24, 2.45) is 0 Å². The molecule has 0 aliphatic heterocycles. The summed E-state index contributed by atoms with van der Waals surface area (Å²) in [6.07, 6.45) is 3.39. The molecule has 0 aliphatic rings. The Balaban J connectivity index is 1.81. The Labute approximate surface area is 177 Å². The van der Waals surface area contributed by atoms with Crippen LogP contribution in [-0.2, 0) is 16.4 Å². The second-order valence-electron chi connectivity index (χ2n) is 7.01. The third-order valence-corrected chi connectivity index (χ3v) is 6.00. The van der Waals surface area contributed by atoms with Gasteiger partial charge < -0.3 is 5.32 Å². The first-order valence-corrected chi connectivity index (χ1v) is 11.3. The van der Waals surface area contributed by atoms with Gasteiger partial charge in [-0.1, -0.05) is 49.7 Å². The lowest BCUT2D eigenvalue weighted by Gasteiger charge is -2.18. The van der Waals surface area contributed by atoms with Gasteiger partial charge in [0.15, 0.2) is 5.03 Å². The summed E-state index contributed by atoms with van der Waals surface area (Å²) in [7, 11) is -3.93. The number of carbonyl (C=O) groups is 1. The molecule has 1 unspecified atom stereocenters. The SMILES string of the molecule is CCCc1ccc(NS(=O)(=O)c2ncccc2C(C)NC(=O)c2ccccc2)cc1. The van der Waals surface area contributed by atoms with Crippen molar-refractivity contribution in [1.82, 2.24) is 10.3 Å². The standard InChI is InChI=1S/C23H25N3O3S/c1-3-8-18-12-14-20(15-13-18)26-30(28,29)23-21(11-7-16-24-23)17(2)25-22(27)19-9-5-4-6-10-19/h4-7,9-17,26H,3,8H2,1-2H3,(H,25,27). The van der Waals surface area contributed by atoms with Crippen LogP contribution < -0.4 is 10.0 Å². The molecule has 0 aliphatic carbocycles. The zero-order chi connectivity index (χ0) is 21.6. The quantitative estimate of drug-likeness (QED) is 0.565. The molecule has 1 atom stereocenters. The number of hydrogen-bond donors (Lipinski definition) is 2. The van der Waals surface area contributed by atoms with E-state index >= 15 is 0 Å². The molecule has 0 radical (unpaired) electrons. The summed E-state index contributed by atoms with van der Waals surface area (Å²) >= 11 is 0. The average Bonchev–Trinajstić information content (AvgIpc) is 2.75. The number of rotatable bonds is 8. The smallest absolute Gasteiger partial charge is 0.279 e. The van der Waals surface area contributed by atoms with Gasteiger partial charge >= 0.3 is 0 Å². The van der Waals surface area contributed by atoms with E-state index in [1.165, 1.54) is 6.20 Å². The van der Waals surface area contributed by atoms with Gasteiger partial charge in [0.05, 0.1) is 6.04 Å². The molecule has 0 spiro atoms. The normalized spacial score (nSPS) is 12.2. The molecular formula is C23H25N3O3S. The zero-order valence-corrected chi connectivity index (χ0v) is 17.8. The molecule has 0 saturated carbocycles. The predicted octanol–water partition coefficient (Wildman–Crippen LogP) is 4.33. The van der Waals surface area contributed by atoms with Crippen molar-refractivity contribution in [3.63, 3.8) is 0 Å². The van der Waals surface area contributed by atoms with E-state index in [1.54, 1.807) is 55.5 Å². The van der Waals surface area contributed by atoms with Gasteiger partial charge in [-0.05, 0) is 49.2 Å². The monoisotopic (exact) mass is 423 g/mol. The van der Waals surface area contributed by atoms with Gasteiger partial charge in [-0.3, -0.25) is 9.52 Å². The molecule has 3 rings (SSSR count). The number of sulfonamides is 1. The highest BCUT2D eigenvalue weighted by atomic mass is 32.2. The van der Waals surface area contributed by atoms with Crippen molar-refractivity contribution < 1.29 is 13.2 Å². The highest BCUT2D eigenvalue weighted by Gasteiger charge is 2.24. The summed E-state index contributed by atoms with van der Waals surface area (Å²) in [5.41, 5.74) is 2.53. The van der Waals surface area contributed by atoms with Gasteiger partial charge in [-0.15, -0.1) is 0 Å². The molecule has 30 heavy (non-hydrogen) atoms. The highest BCUT2D eigenvalue weighted by molar-refractivity contribution is 7.92. The first-order valence-electron chi connectivity index (χ1n) is 9.83. The highest BCUT2D eigenvalue weighted by Crippen LogP contribution is 2.23. The van der Waals surface area contributed by atoms with E-state index < -0.39 is 16.1 Å². The minimum Gasteiger partial charge on any atom is -0.345 e. The summed E-state index contributed by atoms with van der Waals surface area (Å²) in [5, 5.41) is 2.73. The Morgan fingerprint density at radius 1 is 1.00 bits per heavy atom. The molecule has 0 saturated heterocycles. The summed E-state index contributed by atoms with van der Waals surface area (Å²) in [6.45, 7) is 3.83. The molecule has 1 amide bonds. The van der Waals surface area contributed by atoms with Crippen LogP contribution in [0.3, 0.4) is 0 Å². The number of pyridine rings is 1. The van der Waals surface area contributed by atoms with E-state index in [4.69, 9.17) is 0 Å². The summed E-state index contributed by atoms with van der Waals surface area (Å²) < 4.78 is 28.6. The van der Waals surface area contributed by atoms with Crippen LogP contribution in [0.2, 0.25) is 0 Å². The van der Waals surface area contributed by atoms with Crippen LogP contribution in [0.25, 0.3) is 0 Å². The lowest BCUT2D eigenvalue weighted by Crippen LogP contribution is -2.28. The Morgan fingerprint density at radius 3 is 2.37 bits per heavy atom. The largest absolute Gasteiger partial charge is 0.345 e. The van der Waals surface area contributed by atoms with Crippen molar-refractivity contribution in [3.8, 4) is 0 Å². The van der Waals surface area contributed by atoms with Crippen LogP contribution in [0, 0.1) is 0 Å². The fourth-order valence-electron chi connectivity index (χ4n) is 3.14. The number of carbonyl (C=O) groups excluding carboxylic acids is 1. The summed E-state index contributed by atoms with van der Waals surface area (Å²) in [4.78, 5) is 16.6. The number of amides is 1. The Bertz CT molecular complexity index is 1100. The fraction of sp³-hybridized carbons (Fsp3) is 0.217. The number of aryl methyl sites for hydroxylation is 1. The van der Waals surface area contributed by atoms with Crippen molar-refractivity contribution >= 4 is 21.6 Å². The van der Waals surface area contributed by atoms with E-state index in [0.717, 1.165) is 18.4 Å². The predicted molar refractivity (Wildman–Crippen MR) is 118 cm³/mol. The lowest BCUT2D eigenvalue weighted by atomic mass is 10.1. The maximum Gasteiger partial charge on any atom is 0.279 e. The molecule has 1 heterocycles. The van der Waals surface area contributed by atoms with Gasteiger partial charge in [0.1, 0.15) is 0 Å². The van der Waals surface area contributed by atoms with Crippen LogP contribution in [0.15, 0.2) is 78.0 Å². The molecule has 156 valence electrons. The maximum absolute atomic E-state index is 13.0. The maximum atomic E-state index is 13.0. The van der Waals surface area contributed by atoms with E-state index in [0.29, 0.717) is 16.8 Å². The average molecular weight is 424 g/mol. The molecule has 0 bridgehead atoms. The molecule has 2 N–H and O–H groups in total. The van der Waals surface area contributed by atoms with Gasteiger partial charge in [0.2, 0.25) is 0 Å². The molecule has 7 heteroatoms. The molecule has 1 aromatic heterocycles. The molecule has 3 aromatic rings. The van der Waals surface area contributed by atoms with Crippen LogP contribution in [-0.4, -0.2) is 19.3 Å². The van der Waals surface area contributed by atoms with Gasteiger partial charge in [-0.2, -0.15) is 8.42 Å². The Hall–Kier alpha value is -3.19. The van der Waals surface area contributed by atoms with Crippen LogP contribution >= 0.6 is 0 Å². The van der Waals surface area contributed by atoms with Crippen molar-refractivity contribution in [1.29, 1.82) is 0 Å². The van der Waals surface area contributed by atoms with E-state index in [-0.39, 0.29) is 10.9 Å². The zero-order valence-electron chi connectivity index (χ0n) is 17.0. The number of nitrogens with one attached hydrogen (secondary N) is 2. The lowest BCUT2D eigenvalue weighted by molar-refractivity contribution is 0.0939. The van der Waals surface area contributed by atoms with Gasteiger partial charge in [0.25, 0.3) is 15.9 Å². The number of hydrogen-bond acceptors (Lipinski definition) is 4. The minimum atomic E-state index is -3.93. The topological polar surface area (TPSA) is 88.2 Å². The van der Waals surface area contributed by atoms with Crippen molar-refractivity contribution in [2.45, 2.75) is 37.8 Å². The van der Waals surface area contributed by atoms with Crippen LogP contribution in [0.1, 0.15) is 47.8 Å². The van der Waals surface area contributed by atoms with Crippen molar-refractivity contribution in [2.75, 3.05) is 4.72 Å². The number of nitrogens with zero attached hydrogens (tertiary/aromatic N) is 1. The van der Waals surface area contributed by atoms with E-state index in [1.807, 2.05) is 18.2 Å². The van der Waals surface area contributed by atoms with Crippen LogP contribution in [0.4, 0.5) is 5.69 Å². The summed E-state index contributed by atoms with van der Waals surface area (Å²) in [5.74, 6) is -0.283. The Morgan fingerprint density at radius 2 is 1.70 bits per heavy atom. The molecular weight excluding hydrogens is 398 g/mol. The second kappa shape index (κ2) is 9.54. The third kappa shape index (κ3) is 5.24. The number of aromatic nitrogens is 1. The van der Waals surface area contributed by atoms with Crippen LogP contribution in [0.5, 0.6) is 0 Å². The second-order valence-corrected chi connectivity index (χ2v) is 8.61.